The third-order valence-corrected chi connectivity index (χ3v) is 3.84. The highest BCUT2D eigenvalue weighted by molar-refractivity contribution is 5.91. The maximum absolute atomic E-state index is 12.7. The van der Waals surface area contributed by atoms with E-state index in [1.807, 2.05) is 32.0 Å². The van der Waals surface area contributed by atoms with Crippen LogP contribution < -0.4 is 10.6 Å². The predicted octanol–water partition coefficient (Wildman–Crippen LogP) is 2.74. The first-order valence-electron chi connectivity index (χ1n) is 9.95. The molecule has 8 nitrogen and oxygen atoms in total. The van der Waals surface area contributed by atoms with Crippen molar-refractivity contribution in [1.82, 2.24) is 10.6 Å². The first kappa shape index (κ1) is 25.1. The van der Waals surface area contributed by atoms with Crippen molar-refractivity contribution in [2.45, 2.75) is 71.8 Å². The van der Waals surface area contributed by atoms with E-state index in [4.69, 9.17) is 9.47 Å². The molecule has 0 fully saturated rings. The van der Waals surface area contributed by atoms with Gasteiger partial charge in [-0.3, -0.25) is 9.59 Å². The van der Waals surface area contributed by atoms with Gasteiger partial charge in [-0.1, -0.05) is 44.2 Å². The lowest BCUT2D eigenvalue weighted by atomic mass is 10.0. The van der Waals surface area contributed by atoms with Gasteiger partial charge in [0.1, 0.15) is 24.5 Å². The third-order valence-electron chi connectivity index (χ3n) is 3.84. The fourth-order valence-corrected chi connectivity index (χ4v) is 2.56. The topological polar surface area (TPSA) is 111 Å². The molecule has 0 aromatic heterocycles. The highest BCUT2D eigenvalue weighted by atomic mass is 16.6. The van der Waals surface area contributed by atoms with E-state index < -0.39 is 42.1 Å². The Morgan fingerprint density at radius 3 is 2.23 bits per heavy atom. The van der Waals surface area contributed by atoms with Gasteiger partial charge in [-0.15, -0.1) is 0 Å². The normalized spacial score (nSPS) is 13.1. The number of carbonyl (C=O) groups excluding carboxylic acids is 4. The number of aldehydes is 1. The molecule has 0 radical (unpaired) electrons. The second-order valence-corrected chi connectivity index (χ2v) is 8.43. The Bertz CT molecular complexity index is 712. The molecular formula is C22H32N2O6. The van der Waals surface area contributed by atoms with Gasteiger partial charge in [0, 0.05) is 0 Å². The smallest absolute Gasteiger partial charge is 0.408 e. The monoisotopic (exact) mass is 420 g/mol. The zero-order valence-electron chi connectivity index (χ0n) is 18.3. The van der Waals surface area contributed by atoms with Gasteiger partial charge in [0.25, 0.3) is 0 Å². The average Bonchev–Trinajstić information content (AvgIpc) is 2.64. The largest absolute Gasteiger partial charge is 0.461 e. The van der Waals surface area contributed by atoms with E-state index in [0.29, 0.717) is 12.7 Å². The fourth-order valence-electron chi connectivity index (χ4n) is 2.56. The maximum Gasteiger partial charge on any atom is 0.408 e. The van der Waals surface area contributed by atoms with Crippen LogP contribution in [0, 0.1) is 5.92 Å². The molecule has 1 aromatic rings. The fraction of sp³-hybridized carbons (Fsp3) is 0.545. The number of amides is 2. The molecule has 2 atom stereocenters. The summed E-state index contributed by atoms with van der Waals surface area (Å²) in [5, 5.41) is 4.96. The van der Waals surface area contributed by atoms with Crippen molar-refractivity contribution in [3.8, 4) is 0 Å². The summed E-state index contributed by atoms with van der Waals surface area (Å²) < 4.78 is 10.4. The molecule has 1 aromatic carbocycles. The minimum Gasteiger partial charge on any atom is -0.461 e. The Morgan fingerprint density at radius 2 is 1.70 bits per heavy atom. The van der Waals surface area contributed by atoms with Gasteiger partial charge in [0.15, 0.2) is 0 Å². The lowest BCUT2D eigenvalue weighted by molar-refractivity contribution is -0.147. The van der Waals surface area contributed by atoms with Crippen molar-refractivity contribution >= 4 is 24.3 Å². The summed E-state index contributed by atoms with van der Waals surface area (Å²) in [6.07, 6.45) is -0.168. The van der Waals surface area contributed by atoms with Crippen LogP contribution in [0.1, 0.15) is 53.0 Å². The van der Waals surface area contributed by atoms with Gasteiger partial charge in [-0.25, -0.2) is 4.79 Å². The van der Waals surface area contributed by atoms with Gasteiger partial charge >= 0.3 is 12.1 Å². The highest BCUT2D eigenvalue weighted by Crippen LogP contribution is 2.09. The SMILES string of the molecule is CC(C)C[C@H](C=O)NC(=O)[C@H](CC(=O)OCc1ccccc1)NC(=O)OC(C)(C)C. The summed E-state index contributed by atoms with van der Waals surface area (Å²) in [5.41, 5.74) is 0.0203. The number of hydrogen-bond acceptors (Lipinski definition) is 6. The second kappa shape index (κ2) is 11.9. The quantitative estimate of drug-likeness (QED) is 0.445. The molecule has 0 aliphatic carbocycles. The number of hydrogen-bond donors (Lipinski definition) is 2. The predicted molar refractivity (Wildman–Crippen MR) is 111 cm³/mol. The molecule has 0 aliphatic rings. The van der Waals surface area contributed by atoms with Crippen LogP contribution in [0.4, 0.5) is 4.79 Å². The molecule has 0 unspecified atom stereocenters. The van der Waals surface area contributed by atoms with Crippen molar-refractivity contribution in [3.63, 3.8) is 0 Å². The first-order valence-corrected chi connectivity index (χ1v) is 9.95. The van der Waals surface area contributed by atoms with E-state index in [1.165, 1.54) is 0 Å². The number of alkyl carbamates (subject to hydrolysis) is 1. The molecule has 0 aliphatic heterocycles. The van der Waals surface area contributed by atoms with Crippen molar-refractivity contribution in [1.29, 1.82) is 0 Å². The van der Waals surface area contributed by atoms with Crippen LogP contribution in [0.25, 0.3) is 0 Å². The number of nitrogens with one attached hydrogen (secondary N) is 2. The number of carbonyl (C=O) groups is 4. The molecule has 166 valence electrons. The van der Waals surface area contributed by atoms with Crippen LogP contribution in [0.3, 0.4) is 0 Å². The molecule has 2 amide bonds. The highest BCUT2D eigenvalue weighted by Gasteiger charge is 2.28. The zero-order chi connectivity index (χ0) is 22.7. The van der Waals surface area contributed by atoms with Crippen LogP contribution in [0.5, 0.6) is 0 Å². The van der Waals surface area contributed by atoms with Crippen molar-refractivity contribution < 1.29 is 28.7 Å². The van der Waals surface area contributed by atoms with Crippen molar-refractivity contribution in [2.24, 2.45) is 5.92 Å². The third kappa shape index (κ3) is 10.6. The molecule has 0 saturated heterocycles. The van der Waals surface area contributed by atoms with E-state index >= 15 is 0 Å². The Hall–Kier alpha value is -2.90. The minimum absolute atomic E-state index is 0.0464. The Kier molecular flexibility index (Phi) is 10.0. The number of esters is 1. The number of benzene rings is 1. The molecule has 8 heteroatoms. The van der Waals surface area contributed by atoms with Crippen LogP contribution >= 0.6 is 0 Å². The van der Waals surface area contributed by atoms with Gasteiger partial charge < -0.3 is 24.9 Å². The Morgan fingerprint density at radius 1 is 1.07 bits per heavy atom. The molecule has 0 saturated carbocycles. The summed E-state index contributed by atoms with van der Waals surface area (Å²) in [7, 11) is 0. The zero-order valence-corrected chi connectivity index (χ0v) is 18.3. The average molecular weight is 421 g/mol. The molecule has 0 spiro atoms. The summed E-state index contributed by atoms with van der Waals surface area (Å²) in [4.78, 5) is 48.3. The lowest BCUT2D eigenvalue weighted by Crippen LogP contribution is -2.52. The minimum atomic E-state index is -1.24. The Balaban J connectivity index is 2.79. The van der Waals surface area contributed by atoms with E-state index in [9.17, 15) is 19.2 Å². The molecule has 2 N–H and O–H groups in total. The molecule has 1 rings (SSSR count). The van der Waals surface area contributed by atoms with E-state index in [0.717, 1.165) is 5.56 Å². The molecule has 0 heterocycles. The first-order chi connectivity index (χ1) is 14.0. The molecule has 30 heavy (non-hydrogen) atoms. The summed E-state index contributed by atoms with van der Waals surface area (Å²) >= 11 is 0. The summed E-state index contributed by atoms with van der Waals surface area (Å²) in [6.45, 7) is 8.92. The van der Waals surface area contributed by atoms with Gasteiger partial charge in [0.05, 0.1) is 12.5 Å². The standard InChI is InChI=1S/C22H32N2O6/c1-15(2)11-17(13-25)23-20(27)18(24-21(28)30-22(3,4)5)12-19(26)29-14-16-9-7-6-8-10-16/h6-10,13,15,17-18H,11-12,14H2,1-5H3,(H,23,27)(H,24,28)/t17-,18+/m1/s1. The van der Waals surface area contributed by atoms with E-state index in [2.05, 4.69) is 10.6 Å². The summed E-state index contributed by atoms with van der Waals surface area (Å²) in [5.74, 6) is -1.15. The summed E-state index contributed by atoms with van der Waals surface area (Å²) in [6, 6.07) is 7.12. The number of ether oxygens (including phenoxy) is 2. The van der Waals surface area contributed by atoms with Crippen LogP contribution in [0.15, 0.2) is 30.3 Å². The molecule has 0 bridgehead atoms. The number of rotatable bonds is 10. The van der Waals surface area contributed by atoms with Crippen LogP contribution in [-0.4, -0.2) is 41.9 Å². The van der Waals surface area contributed by atoms with Crippen molar-refractivity contribution in [3.05, 3.63) is 35.9 Å². The maximum atomic E-state index is 12.7. The van der Waals surface area contributed by atoms with Gasteiger partial charge in [-0.05, 0) is 38.7 Å². The van der Waals surface area contributed by atoms with Crippen LogP contribution in [-0.2, 0) is 30.5 Å². The Labute approximate surface area is 177 Å². The van der Waals surface area contributed by atoms with Gasteiger partial charge in [-0.2, -0.15) is 0 Å². The second-order valence-electron chi connectivity index (χ2n) is 8.43. The van der Waals surface area contributed by atoms with E-state index in [1.54, 1.807) is 32.9 Å². The van der Waals surface area contributed by atoms with Gasteiger partial charge in [0.2, 0.25) is 5.91 Å². The van der Waals surface area contributed by atoms with Crippen molar-refractivity contribution in [2.75, 3.05) is 0 Å². The van der Waals surface area contributed by atoms with E-state index in [-0.39, 0.29) is 12.5 Å². The van der Waals surface area contributed by atoms with Crippen LogP contribution in [0.2, 0.25) is 0 Å². The lowest BCUT2D eigenvalue weighted by Gasteiger charge is -2.24. The molecular weight excluding hydrogens is 388 g/mol.